The van der Waals surface area contributed by atoms with Gasteiger partial charge in [-0.1, -0.05) is 18.6 Å². The minimum absolute atomic E-state index is 0.298. The van der Waals surface area contributed by atoms with Crippen LogP contribution in [0.5, 0.6) is 5.75 Å². The van der Waals surface area contributed by atoms with Crippen LogP contribution >= 0.6 is 0 Å². The molecule has 1 fully saturated rings. The van der Waals surface area contributed by atoms with E-state index >= 15 is 0 Å². The van der Waals surface area contributed by atoms with Crippen LogP contribution in [0.4, 0.5) is 0 Å². The van der Waals surface area contributed by atoms with Gasteiger partial charge >= 0.3 is 5.97 Å². The van der Waals surface area contributed by atoms with Crippen molar-refractivity contribution in [1.82, 2.24) is 9.80 Å². The standard InChI is InChI=1S/C17H26N2O3/c1-18(12-15-5-3-4-10-19(15)2)11-14-6-8-16(9-7-14)22-13-17(20)21/h6-9,15H,3-5,10-13H2,1-2H3,(H,20,21)/t15-/m1/s1. The first-order valence-electron chi connectivity index (χ1n) is 7.87. The van der Waals surface area contributed by atoms with Gasteiger partial charge < -0.3 is 19.6 Å². The lowest BCUT2D eigenvalue weighted by Crippen LogP contribution is -2.43. The maximum atomic E-state index is 10.5. The van der Waals surface area contributed by atoms with Crippen molar-refractivity contribution in [3.8, 4) is 5.75 Å². The average molecular weight is 306 g/mol. The molecule has 2 rings (SSSR count). The molecule has 5 heteroatoms. The number of carbonyl (C=O) groups is 1. The summed E-state index contributed by atoms with van der Waals surface area (Å²) in [5.41, 5.74) is 1.21. The zero-order valence-electron chi connectivity index (χ0n) is 13.5. The Hall–Kier alpha value is -1.59. The van der Waals surface area contributed by atoms with Crippen LogP contribution in [-0.2, 0) is 11.3 Å². The summed E-state index contributed by atoms with van der Waals surface area (Å²) in [7, 11) is 4.36. The molecular formula is C17H26N2O3. The minimum atomic E-state index is -0.958. The summed E-state index contributed by atoms with van der Waals surface area (Å²) in [6.45, 7) is 2.87. The van der Waals surface area contributed by atoms with E-state index in [2.05, 4.69) is 23.9 Å². The summed E-state index contributed by atoms with van der Waals surface area (Å²) in [6.07, 6.45) is 3.93. The SMILES string of the molecule is CN(Cc1ccc(OCC(=O)O)cc1)C[C@H]1CCCCN1C. The molecule has 1 heterocycles. The van der Waals surface area contributed by atoms with Gasteiger partial charge in [0.2, 0.25) is 0 Å². The van der Waals surface area contributed by atoms with E-state index in [0.717, 1.165) is 13.1 Å². The molecule has 0 bridgehead atoms. The van der Waals surface area contributed by atoms with Crippen molar-refractivity contribution in [2.24, 2.45) is 0 Å². The van der Waals surface area contributed by atoms with E-state index in [-0.39, 0.29) is 6.61 Å². The van der Waals surface area contributed by atoms with Crippen molar-refractivity contribution in [3.63, 3.8) is 0 Å². The number of nitrogens with zero attached hydrogens (tertiary/aromatic N) is 2. The Kier molecular flexibility index (Phi) is 6.21. The van der Waals surface area contributed by atoms with Crippen LogP contribution in [-0.4, -0.2) is 60.7 Å². The molecule has 0 unspecified atom stereocenters. The number of carboxylic acid groups (broad SMARTS) is 1. The van der Waals surface area contributed by atoms with Crippen molar-refractivity contribution in [1.29, 1.82) is 0 Å². The Bertz CT molecular complexity index is 475. The second-order valence-corrected chi connectivity index (χ2v) is 6.15. The molecule has 1 aliphatic heterocycles. The van der Waals surface area contributed by atoms with Gasteiger partial charge in [0.05, 0.1) is 0 Å². The summed E-state index contributed by atoms with van der Waals surface area (Å²) < 4.78 is 5.14. The van der Waals surface area contributed by atoms with Gasteiger partial charge in [-0.3, -0.25) is 0 Å². The third-order valence-electron chi connectivity index (χ3n) is 4.18. The second kappa shape index (κ2) is 8.15. The lowest BCUT2D eigenvalue weighted by molar-refractivity contribution is -0.139. The quantitative estimate of drug-likeness (QED) is 0.836. The van der Waals surface area contributed by atoms with Crippen molar-refractivity contribution >= 4 is 5.97 Å². The molecule has 0 aliphatic carbocycles. The Labute approximate surface area is 132 Å². The largest absolute Gasteiger partial charge is 0.482 e. The third kappa shape index (κ3) is 5.31. The number of benzene rings is 1. The third-order valence-corrected chi connectivity index (χ3v) is 4.18. The van der Waals surface area contributed by atoms with Gasteiger partial charge in [0.15, 0.2) is 6.61 Å². The lowest BCUT2D eigenvalue weighted by Gasteiger charge is -2.35. The number of aliphatic carboxylic acids is 1. The van der Waals surface area contributed by atoms with Crippen molar-refractivity contribution in [2.45, 2.75) is 31.8 Å². The highest BCUT2D eigenvalue weighted by Crippen LogP contribution is 2.17. The first kappa shape index (κ1) is 16.8. The van der Waals surface area contributed by atoms with E-state index in [1.165, 1.54) is 31.4 Å². The number of likely N-dealkylation sites (tertiary alicyclic amines) is 1. The molecule has 1 saturated heterocycles. The number of carboxylic acids is 1. The number of hydrogen-bond acceptors (Lipinski definition) is 4. The molecule has 1 aliphatic rings. The van der Waals surface area contributed by atoms with Crippen molar-refractivity contribution < 1.29 is 14.6 Å². The van der Waals surface area contributed by atoms with Crippen LogP contribution in [0, 0.1) is 0 Å². The van der Waals surface area contributed by atoms with Crippen LogP contribution in [0.2, 0.25) is 0 Å². The van der Waals surface area contributed by atoms with Crippen molar-refractivity contribution in [2.75, 3.05) is 33.8 Å². The molecule has 1 aromatic carbocycles. The summed E-state index contributed by atoms with van der Waals surface area (Å²) in [5, 5.41) is 8.59. The van der Waals surface area contributed by atoms with E-state index in [1.807, 2.05) is 24.3 Å². The van der Waals surface area contributed by atoms with Gasteiger partial charge in [-0.25, -0.2) is 4.79 Å². The zero-order valence-corrected chi connectivity index (χ0v) is 13.5. The summed E-state index contributed by atoms with van der Waals surface area (Å²) in [4.78, 5) is 15.3. The number of ether oxygens (including phenoxy) is 1. The van der Waals surface area contributed by atoms with E-state index in [1.54, 1.807) is 0 Å². The molecule has 0 radical (unpaired) electrons. The highest BCUT2D eigenvalue weighted by molar-refractivity contribution is 5.68. The van der Waals surface area contributed by atoms with E-state index in [4.69, 9.17) is 9.84 Å². The number of piperidine rings is 1. The van der Waals surface area contributed by atoms with Crippen LogP contribution in [0.25, 0.3) is 0 Å². The predicted molar refractivity (Wildman–Crippen MR) is 86.2 cm³/mol. The van der Waals surface area contributed by atoms with Gasteiger partial charge in [0, 0.05) is 19.1 Å². The first-order valence-corrected chi connectivity index (χ1v) is 7.87. The maximum absolute atomic E-state index is 10.5. The fraction of sp³-hybridized carbons (Fsp3) is 0.588. The number of hydrogen-bond donors (Lipinski definition) is 1. The summed E-state index contributed by atoms with van der Waals surface area (Å²) in [5.74, 6) is -0.360. The zero-order chi connectivity index (χ0) is 15.9. The second-order valence-electron chi connectivity index (χ2n) is 6.15. The fourth-order valence-corrected chi connectivity index (χ4v) is 2.95. The maximum Gasteiger partial charge on any atom is 0.341 e. The van der Waals surface area contributed by atoms with Crippen LogP contribution in [0.15, 0.2) is 24.3 Å². The number of rotatable bonds is 7. The molecule has 22 heavy (non-hydrogen) atoms. The van der Waals surface area contributed by atoms with Crippen LogP contribution in [0.1, 0.15) is 24.8 Å². The molecule has 0 spiro atoms. The topological polar surface area (TPSA) is 53.0 Å². The van der Waals surface area contributed by atoms with E-state index < -0.39 is 5.97 Å². The highest BCUT2D eigenvalue weighted by Gasteiger charge is 2.20. The summed E-state index contributed by atoms with van der Waals surface area (Å²) >= 11 is 0. The normalized spacial score (nSPS) is 19.3. The lowest BCUT2D eigenvalue weighted by atomic mass is 10.0. The molecule has 1 atom stereocenters. The average Bonchev–Trinajstić information content (AvgIpc) is 2.49. The minimum Gasteiger partial charge on any atom is -0.482 e. The molecule has 0 amide bonds. The Balaban J connectivity index is 1.80. The summed E-state index contributed by atoms with van der Waals surface area (Å²) in [6, 6.07) is 8.31. The first-order chi connectivity index (χ1) is 10.5. The van der Waals surface area contributed by atoms with Gasteiger partial charge in [0.25, 0.3) is 0 Å². The fourth-order valence-electron chi connectivity index (χ4n) is 2.95. The molecule has 1 N–H and O–H groups in total. The van der Waals surface area contributed by atoms with Crippen molar-refractivity contribution in [3.05, 3.63) is 29.8 Å². The smallest absolute Gasteiger partial charge is 0.341 e. The Morgan fingerprint density at radius 1 is 1.36 bits per heavy atom. The molecule has 0 aromatic heterocycles. The molecule has 5 nitrogen and oxygen atoms in total. The van der Waals surface area contributed by atoms with Crippen LogP contribution in [0.3, 0.4) is 0 Å². The van der Waals surface area contributed by atoms with Gasteiger partial charge in [0.1, 0.15) is 5.75 Å². The molecule has 1 aromatic rings. The predicted octanol–water partition coefficient (Wildman–Crippen LogP) is 2.07. The van der Waals surface area contributed by atoms with Gasteiger partial charge in [-0.2, -0.15) is 0 Å². The van der Waals surface area contributed by atoms with Gasteiger partial charge in [-0.15, -0.1) is 0 Å². The monoisotopic (exact) mass is 306 g/mol. The van der Waals surface area contributed by atoms with Crippen LogP contribution < -0.4 is 4.74 Å². The van der Waals surface area contributed by atoms with E-state index in [9.17, 15) is 4.79 Å². The highest BCUT2D eigenvalue weighted by atomic mass is 16.5. The molecule has 122 valence electrons. The Morgan fingerprint density at radius 3 is 2.73 bits per heavy atom. The molecule has 0 saturated carbocycles. The number of likely N-dealkylation sites (N-methyl/N-ethyl adjacent to an activating group) is 2. The molecular weight excluding hydrogens is 280 g/mol. The Morgan fingerprint density at radius 2 is 2.09 bits per heavy atom. The van der Waals surface area contributed by atoms with E-state index in [0.29, 0.717) is 11.8 Å². The van der Waals surface area contributed by atoms with Gasteiger partial charge in [-0.05, 0) is 51.2 Å².